The van der Waals surface area contributed by atoms with Crippen LogP contribution in [0, 0.1) is 5.41 Å². The van der Waals surface area contributed by atoms with Crippen molar-refractivity contribution in [3.05, 3.63) is 0 Å². The summed E-state index contributed by atoms with van der Waals surface area (Å²) in [5, 5.41) is 0. The van der Waals surface area contributed by atoms with Gasteiger partial charge in [0.05, 0.1) is 5.41 Å². The minimum atomic E-state index is -0.682. The first kappa shape index (κ1) is 11.3. The van der Waals surface area contributed by atoms with Crippen LogP contribution in [0.25, 0.3) is 0 Å². The Balaban J connectivity index is 0.000000561. The first-order valence-corrected chi connectivity index (χ1v) is 4.62. The zero-order chi connectivity index (χ0) is 9.78. The van der Waals surface area contributed by atoms with Crippen LogP contribution >= 0.6 is 0 Å². The van der Waals surface area contributed by atoms with Gasteiger partial charge >= 0.3 is 0 Å². The van der Waals surface area contributed by atoms with Crippen LogP contribution in [-0.4, -0.2) is 11.6 Å². The molecular formula is C10H18O2. The van der Waals surface area contributed by atoms with E-state index < -0.39 is 5.41 Å². The highest BCUT2D eigenvalue weighted by molar-refractivity contribution is 6.07. The molecule has 0 bridgehead atoms. The molecule has 0 N–H and O–H groups in total. The normalized spacial score (nSPS) is 21.3. The van der Waals surface area contributed by atoms with Crippen molar-refractivity contribution in [1.82, 2.24) is 0 Å². The molecule has 0 aromatic heterocycles. The predicted molar refractivity (Wildman–Crippen MR) is 49.0 cm³/mol. The number of hydrogen-bond donors (Lipinski definition) is 0. The summed E-state index contributed by atoms with van der Waals surface area (Å²) in [7, 11) is 0. The Hall–Kier alpha value is -0.660. The van der Waals surface area contributed by atoms with E-state index in [1.54, 1.807) is 13.8 Å². The fourth-order valence-electron chi connectivity index (χ4n) is 1.19. The molecule has 1 rings (SSSR count). The van der Waals surface area contributed by atoms with E-state index in [4.69, 9.17) is 0 Å². The summed E-state index contributed by atoms with van der Waals surface area (Å²) < 4.78 is 0. The Morgan fingerprint density at radius 3 is 1.58 bits per heavy atom. The van der Waals surface area contributed by atoms with Crippen LogP contribution in [-0.2, 0) is 9.59 Å². The average molecular weight is 170 g/mol. The Morgan fingerprint density at radius 1 is 1.00 bits per heavy atom. The van der Waals surface area contributed by atoms with E-state index in [0.717, 1.165) is 6.42 Å². The topological polar surface area (TPSA) is 34.1 Å². The monoisotopic (exact) mass is 170 g/mol. The van der Waals surface area contributed by atoms with Crippen LogP contribution in [0.4, 0.5) is 0 Å². The van der Waals surface area contributed by atoms with E-state index >= 15 is 0 Å². The molecular weight excluding hydrogens is 152 g/mol. The minimum Gasteiger partial charge on any atom is -0.299 e. The van der Waals surface area contributed by atoms with Gasteiger partial charge in [-0.15, -0.1) is 0 Å². The second-order valence-corrected chi connectivity index (χ2v) is 3.32. The summed E-state index contributed by atoms with van der Waals surface area (Å²) in [6.07, 6.45) is 1.92. The molecule has 1 aliphatic carbocycles. The van der Waals surface area contributed by atoms with Crippen molar-refractivity contribution in [1.29, 1.82) is 0 Å². The van der Waals surface area contributed by atoms with Crippen molar-refractivity contribution in [2.45, 2.75) is 47.0 Å². The Labute approximate surface area is 74.3 Å². The summed E-state index contributed by atoms with van der Waals surface area (Å²) in [6, 6.07) is 0. The number of Topliss-reactive ketones (excluding diaryl/α,β-unsaturated/α-hetero) is 2. The van der Waals surface area contributed by atoms with E-state index in [1.807, 2.05) is 13.8 Å². The molecule has 0 heterocycles. The second-order valence-electron chi connectivity index (χ2n) is 3.32. The first-order valence-electron chi connectivity index (χ1n) is 4.62. The molecule has 0 atom stereocenters. The van der Waals surface area contributed by atoms with Crippen molar-refractivity contribution >= 4 is 11.6 Å². The van der Waals surface area contributed by atoms with E-state index in [2.05, 4.69) is 0 Å². The highest BCUT2D eigenvalue weighted by atomic mass is 16.2. The van der Waals surface area contributed by atoms with Crippen LogP contribution in [0.15, 0.2) is 0 Å². The van der Waals surface area contributed by atoms with Gasteiger partial charge in [-0.05, 0) is 20.3 Å². The fourth-order valence-corrected chi connectivity index (χ4v) is 1.19. The van der Waals surface area contributed by atoms with Crippen LogP contribution < -0.4 is 0 Å². The third-order valence-electron chi connectivity index (χ3n) is 2.20. The lowest BCUT2D eigenvalue weighted by Crippen LogP contribution is -2.36. The van der Waals surface area contributed by atoms with E-state index in [1.165, 1.54) is 0 Å². The number of ketones is 2. The van der Waals surface area contributed by atoms with Gasteiger partial charge in [0.25, 0.3) is 0 Å². The maximum absolute atomic E-state index is 11.1. The molecule has 70 valence electrons. The molecule has 1 fully saturated rings. The maximum atomic E-state index is 11.1. The van der Waals surface area contributed by atoms with Gasteiger partial charge in [-0.3, -0.25) is 9.59 Å². The van der Waals surface area contributed by atoms with Gasteiger partial charge in [-0.25, -0.2) is 0 Å². The molecule has 0 aliphatic heterocycles. The smallest absolute Gasteiger partial charge is 0.145 e. The number of carbonyl (C=O) groups excluding carboxylic acids is 2. The largest absolute Gasteiger partial charge is 0.299 e. The second kappa shape index (κ2) is 4.39. The molecule has 0 amide bonds. The van der Waals surface area contributed by atoms with E-state index in [9.17, 15) is 9.59 Å². The fraction of sp³-hybridized carbons (Fsp3) is 0.800. The van der Waals surface area contributed by atoms with Crippen LogP contribution in [0.5, 0.6) is 0 Å². The van der Waals surface area contributed by atoms with Gasteiger partial charge in [0.2, 0.25) is 0 Å². The summed E-state index contributed by atoms with van der Waals surface area (Å²) in [4.78, 5) is 22.2. The van der Waals surface area contributed by atoms with E-state index in [-0.39, 0.29) is 11.6 Å². The highest BCUT2D eigenvalue weighted by Gasteiger charge is 2.37. The summed E-state index contributed by atoms with van der Waals surface area (Å²) in [6.45, 7) is 7.44. The molecule has 12 heavy (non-hydrogen) atoms. The molecule has 0 saturated heterocycles. The summed E-state index contributed by atoms with van der Waals surface area (Å²) in [5.74, 6) is 0.201. The summed E-state index contributed by atoms with van der Waals surface area (Å²) >= 11 is 0. The number of carbonyl (C=O) groups is 2. The molecule has 2 nitrogen and oxygen atoms in total. The van der Waals surface area contributed by atoms with Crippen LogP contribution in [0.1, 0.15) is 47.0 Å². The predicted octanol–water partition coefficient (Wildman–Crippen LogP) is 2.36. The van der Waals surface area contributed by atoms with E-state index in [0.29, 0.717) is 12.8 Å². The quantitative estimate of drug-likeness (QED) is 0.523. The molecule has 0 aromatic carbocycles. The zero-order valence-corrected chi connectivity index (χ0v) is 8.44. The van der Waals surface area contributed by atoms with Gasteiger partial charge < -0.3 is 0 Å². The first-order chi connectivity index (χ1) is 5.55. The molecule has 0 unspecified atom stereocenters. The molecule has 0 spiro atoms. The third-order valence-corrected chi connectivity index (χ3v) is 2.20. The minimum absolute atomic E-state index is 0.101. The number of rotatable bonds is 0. The standard InChI is InChI=1S/C8H12O2.C2H6/c1-8(2)6(9)4-3-5-7(8)10;1-2/h3-5H2,1-2H3;1-2H3. The summed E-state index contributed by atoms with van der Waals surface area (Å²) in [5.41, 5.74) is -0.682. The Kier molecular flexibility index (Phi) is 4.15. The van der Waals surface area contributed by atoms with Crippen LogP contribution in [0.3, 0.4) is 0 Å². The van der Waals surface area contributed by atoms with Gasteiger partial charge in [-0.2, -0.15) is 0 Å². The lowest BCUT2D eigenvalue weighted by molar-refractivity contribution is -0.141. The van der Waals surface area contributed by atoms with Crippen molar-refractivity contribution in [2.24, 2.45) is 5.41 Å². The molecule has 0 aromatic rings. The highest BCUT2D eigenvalue weighted by Crippen LogP contribution is 2.28. The van der Waals surface area contributed by atoms with Gasteiger partial charge in [-0.1, -0.05) is 13.8 Å². The van der Waals surface area contributed by atoms with Crippen molar-refractivity contribution in [3.63, 3.8) is 0 Å². The lowest BCUT2D eigenvalue weighted by Gasteiger charge is -2.25. The van der Waals surface area contributed by atoms with Crippen LogP contribution in [0.2, 0.25) is 0 Å². The van der Waals surface area contributed by atoms with Gasteiger partial charge in [0.1, 0.15) is 11.6 Å². The average Bonchev–Trinajstić information content (AvgIpc) is 2.05. The lowest BCUT2D eigenvalue weighted by atomic mass is 9.75. The molecule has 0 radical (unpaired) electrons. The van der Waals surface area contributed by atoms with Crippen molar-refractivity contribution in [2.75, 3.05) is 0 Å². The van der Waals surface area contributed by atoms with Crippen molar-refractivity contribution < 1.29 is 9.59 Å². The SMILES string of the molecule is CC.CC1(C)C(=O)CCCC1=O. The number of hydrogen-bond acceptors (Lipinski definition) is 2. The Bertz CT molecular complexity index is 162. The zero-order valence-electron chi connectivity index (χ0n) is 8.44. The molecule has 1 saturated carbocycles. The third kappa shape index (κ3) is 2.16. The Morgan fingerprint density at radius 2 is 1.33 bits per heavy atom. The molecule has 1 aliphatic rings. The van der Waals surface area contributed by atoms with Crippen molar-refractivity contribution in [3.8, 4) is 0 Å². The van der Waals surface area contributed by atoms with Gasteiger partial charge in [0, 0.05) is 12.8 Å². The molecule has 2 heteroatoms. The maximum Gasteiger partial charge on any atom is 0.145 e. The van der Waals surface area contributed by atoms with Gasteiger partial charge in [0.15, 0.2) is 0 Å².